The number of rotatable bonds is 3. The molecule has 2 heterocycles. The normalized spacial score (nSPS) is 10.7. The number of hydrogen-bond acceptors (Lipinski definition) is 4. The molecule has 0 unspecified atom stereocenters. The molecule has 5 heteroatoms. The fourth-order valence-electron chi connectivity index (χ4n) is 1.85. The Morgan fingerprint density at radius 2 is 2.11 bits per heavy atom. The van der Waals surface area contributed by atoms with Gasteiger partial charge in [-0.25, -0.2) is 4.98 Å². The summed E-state index contributed by atoms with van der Waals surface area (Å²) in [6.07, 6.45) is 0. The van der Waals surface area contributed by atoms with Crippen LogP contribution in [0.2, 0.25) is 0 Å². The summed E-state index contributed by atoms with van der Waals surface area (Å²) in [6.45, 7) is 8.06. The topological polar surface area (TPSA) is 55.1 Å². The molecule has 4 nitrogen and oxygen atoms in total. The van der Waals surface area contributed by atoms with Gasteiger partial charge >= 0.3 is 0 Å². The number of thiazole rings is 1. The maximum Gasteiger partial charge on any atom is 0.255 e. The van der Waals surface area contributed by atoms with Crippen molar-refractivity contribution >= 4 is 17.2 Å². The number of furan rings is 1. The summed E-state index contributed by atoms with van der Waals surface area (Å²) in [7, 11) is 0. The number of hydrogen-bond donors (Lipinski definition) is 1. The number of carbonyl (C=O) groups excluding carboxylic acids is 1. The second-order valence-electron chi connectivity index (χ2n) is 4.25. The van der Waals surface area contributed by atoms with Crippen molar-refractivity contribution in [2.24, 2.45) is 0 Å². The molecular weight excluding hydrogens is 248 g/mol. The smallest absolute Gasteiger partial charge is 0.255 e. The zero-order valence-corrected chi connectivity index (χ0v) is 11.8. The number of carbonyl (C=O) groups is 1. The van der Waals surface area contributed by atoms with E-state index in [1.54, 1.807) is 24.3 Å². The van der Waals surface area contributed by atoms with Crippen LogP contribution in [0.4, 0.5) is 0 Å². The Kier molecular flexibility index (Phi) is 3.52. The van der Waals surface area contributed by atoms with Crippen molar-refractivity contribution < 1.29 is 9.21 Å². The summed E-state index contributed by atoms with van der Waals surface area (Å²) in [6, 6.07) is 1.76. The van der Waals surface area contributed by atoms with Crippen molar-refractivity contribution in [3.63, 3.8) is 0 Å². The Morgan fingerprint density at radius 3 is 2.61 bits per heavy atom. The second kappa shape index (κ2) is 4.94. The molecule has 0 aliphatic carbocycles. The lowest BCUT2D eigenvalue weighted by atomic mass is 10.2. The lowest BCUT2D eigenvalue weighted by Crippen LogP contribution is -2.22. The average Bonchev–Trinajstić information content (AvgIpc) is 2.78. The van der Waals surface area contributed by atoms with Gasteiger partial charge in [0.05, 0.1) is 22.8 Å². The minimum atomic E-state index is -0.102. The third-order valence-electron chi connectivity index (χ3n) is 2.69. The standard InChI is InChI=1S/C13H16N2O2S/c1-7-5-11(9(3)17-7)13(16)14-6-12-8(2)15-10(4)18-12/h5H,6H2,1-4H3,(H,14,16). The molecule has 18 heavy (non-hydrogen) atoms. The Labute approximate surface area is 110 Å². The number of amides is 1. The summed E-state index contributed by atoms with van der Waals surface area (Å²) in [5.41, 5.74) is 1.59. The van der Waals surface area contributed by atoms with Gasteiger partial charge in [-0.2, -0.15) is 0 Å². The molecule has 0 saturated heterocycles. The maximum absolute atomic E-state index is 12.0. The van der Waals surface area contributed by atoms with Gasteiger partial charge in [0.25, 0.3) is 5.91 Å². The molecule has 96 valence electrons. The Balaban J connectivity index is 2.05. The van der Waals surface area contributed by atoms with E-state index < -0.39 is 0 Å². The van der Waals surface area contributed by atoms with Crippen molar-refractivity contribution in [2.45, 2.75) is 34.2 Å². The molecule has 0 aliphatic rings. The fraction of sp³-hybridized carbons (Fsp3) is 0.385. The van der Waals surface area contributed by atoms with Gasteiger partial charge in [0, 0.05) is 4.88 Å². The van der Waals surface area contributed by atoms with Gasteiger partial charge in [0.2, 0.25) is 0 Å². The van der Waals surface area contributed by atoms with Crippen LogP contribution in [0.15, 0.2) is 10.5 Å². The van der Waals surface area contributed by atoms with E-state index in [-0.39, 0.29) is 5.91 Å². The van der Waals surface area contributed by atoms with E-state index >= 15 is 0 Å². The Hall–Kier alpha value is -1.62. The van der Waals surface area contributed by atoms with Crippen molar-refractivity contribution in [3.05, 3.63) is 38.7 Å². The molecule has 0 fully saturated rings. The molecule has 0 saturated carbocycles. The van der Waals surface area contributed by atoms with Gasteiger partial charge in [0.15, 0.2) is 0 Å². The lowest BCUT2D eigenvalue weighted by Gasteiger charge is -2.02. The van der Waals surface area contributed by atoms with Crippen LogP contribution < -0.4 is 5.32 Å². The molecule has 1 amide bonds. The molecule has 1 N–H and O–H groups in total. The quantitative estimate of drug-likeness (QED) is 0.927. The predicted octanol–water partition coefficient (Wildman–Crippen LogP) is 2.90. The molecule has 0 radical (unpaired) electrons. The first kappa shape index (κ1) is 12.8. The van der Waals surface area contributed by atoms with E-state index in [9.17, 15) is 4.79 Å². The summed E-state index contributed by atoms with van der Waals surface area (Å²) in [5.74, 6) is 1.31. The highest BCUT2D eigenvalue weighted by Crippen LogP contribution is 2.17. The molecule has 0 bridgehead atoms. The van der Waals surface area contributed by atoms with Crippen LogP contribution in [-0.2, 0) is 6.54 Å². The van der Waals surface area contributed by atoms with E-state index in [0.29, 0.717) is 17.9 Å². The predicted molar refractivity (Wildman–Crippen MR) is 70.9 cm³/mol. The van der Waals surface area contributed by atoms with Crippen LogP contribution >= 0.6 is 11.3 Å². The fourth-order valence-corrected chi connectivity index (χ4v) is 2.73. The molecule has 0 aliphatic heterocycles. The highest BCUT2D eigenvalue weighted by atomic mass is 32.1. The summed E-state index contributed by atoms with van der Waals surface area (Å²) >= 11 is 1.61. The van der Waals surface area contributed by atoms with Gasteiger partial charge in [-0.3, -0.25) is 4.79 Å². The minimum absolute atomic E-state index is 0.102. The van der Waals surface area contributed by atoms with E-state index in [1.165, 1.54) is 0 Å². The van der Waals surface area contributed by atoms with E-state index in [1.807, 2.05) is 20.8 Å². The molecule has 0 spiro atoms. The summed E-state index contributed by atoms with van der Waals surface area (Å²) in [5, 5.41) is 3.92. The largest absolute Gasteiger partial charge is 0.466 e. The van der Waals surface area contributed by atoms with E-state index in [2.05, 4.69) is 10.3 Å². The zero-order chi connectivity index (χ0) is 13.3. The highest BCUT2D eigenvalue weighted by Gasteiger charge is 2.14. The summed E-state index contributed by atoms with van der Waals surface area (Å²) in [4.78, 5) is 17.4. The Morgan fingerprint density at radius 1 is 1.39 bits per heavy atom. The van der Waals surface area contributed by atoms with Crippen LogP contribution in [0.3, 0.4) is 0 Å². The van der Waals surface area contributed by atoms with Gasteiger partial charge in [-0.05, 0) is 33.8 Å². The molecular formula is C13H16N2O2S. The molecule has 0 atom stereocenters. The van der Waals surface area contributed by atoms with Crippen LogP contribution in [0, 0.1) is 27.7 Å². The SMILES string of the molecule is Cc1cc(C(=O)NCc2sc(C)nc2C)c(C)o1. The first-order chi connectivity index (χ1) is 8.47. The van der Waals surface area contributed by atoms with Crippen molar-refractivity contribution in [1.82, 2.24) is 10.3 Å². The molecule has 2 aromatic rings. The second-order valence-corrected chi connectivity index (χ2v) is 5.54. The van der Waals surface area contributed by atoms with Crippen LogP contribution in [0.25, 0.3) is 0 Å². The first-order valence-electron chi connectivity index (χ1n) is 5.75. The van der Waals surface area contributed by atoms with Gasteiger partial charge in [-0.1, -0.05) is 0 Å². The first-order valence-corrected chi connectivity index (χ1v) is 6.57. The molecule has 2 aromatic heterocycles. The monoisotopic (exact) mass is 264 g/mol. The minimum Gasteiger partial charge on any atom is -0.466 e. The van der Waals surface area contributed by atoms with Crippen LogP contribution in [-0.4, -0.2) is 10.9 Å². The lowest BCUT2D eigenvalue weighted by molar-refractivity contribution is 0.0950. The highest BCUT2D eigenvalue weighted by molar-refractivity contribution is 7.11. The Bertz CT molecular complexity index is 584. The molecule has 2 rings (SSSR count). The number of aryl methyl sites for hydroxylation is 4. The van der Waals surface area contributed by atoms with Gasteiger partial charge < -0.3 is 9.73 Å². The van der Waals surface area contributed by atoms with Crippen molar-refractivity contribution in [2.75, 3.05) is 0 Å². The average molecular weight is 264 g/mol. The number of aromatic nitrogens is 1. The van der Waals surface area contributed by atoms with E-state index in [4.69, 9.17) is 4.42 Å². The number of nitrogens with zero attached hydrogens (tertiary/aromatic N) is 1. The third kappa shape index (κ3) is 2.61. The zero-order valence-electron chi connectivity index (χ0n) is 11.0. The third-order valence-corrected chi connectivity index (χ3v) is 3.77. The summed E-state index contributed by atoms with van der Waals surface area (Å²) < 4.78 is 5.34. The van der Waals surface area contributed by atoms with E-state index in [0.717, 1.165) is 21.3 Å². The van der Waals surface area contributed by atoms with Gasteiger partial charge in [0.1, 0.15) is 11.5 Å². The molecule has 0 aromatic carbocycles. The number of nitrogens with one attached hydrogen (secondary N) is 1. The van der Waals surface area contributed by atoms with Crippen molar-refractivity contribution in [1.29, 1.82) is 0 Å². The van der Waals surface area contributed by atoms with Crippen LogP contribution in [0.5, 0.6) is 0 Å². The van der Waals surface area contributed by atoms with Crippen LogP contribution in [0.1, 0.15) is 37.5 Å². The maximum atomic E-state index is 12.0. The van der Waals surface area contributed by atoms with Crippen molar-refractivity contribution in [3.8, 4) is 0 Å². The van der Waals surface area contributed by atoms with Gasteiger partial charge in [-0.15, -0.1) is 11.3 Å².